The van der Waals surface area contributed by atoms with Gasteiger partial charge in [-0.25, -0.2) is 14.6 Å². The maximum absolute atomic E-state index is 13.6. The zero-order valence-corrected chi connectivity index (χ0v) is 21.2. The van der Waals surface area contributed by atoms with E-state index in [1.165, 1.54) is 22.8 Å². The number of ether oxygens (including phenoxy) is 2. The zero-order valence-electron chi connectivity index (χ0n) is 21.2. The molecule has 1 atom stereocenters. The van der Waals surface area contributed by atoms with Gasteiger partial charge in [-0.2, -0.15) is 13.2 Å². The van der Waals surface area contributed by atoms with Gasteiger partial charge < -0.3 is 14.0 Å². The lowest BCUT2D eigenvalue weighted by atomic mass is 9.85. The predicted octanol–water partition coefficient (Wildman–Crippen LogP) is 4.87. The smallest absolute Gasteiger partial charge is 0.416 e. The Morgan fingerprint density at radius 3 is 2.56 bits per heavy atom. The number of carbonyl (C=O) groups is 2. The first kappa shape index (κ1) is 26.2. The van der Waals surface area contributed by atoms with Crippen molar-refractivity contribution in [3.05, 3.63) is 103 Å². The number of nitro benzene ring substituents is 1. The maximum atomic E-state index is 13.6. The van der Waals surface area contributed by atoms with Crippen molar-refractivity contribution in [2.75, 3.05) is 0 Å². The number of benzene rings is 2. The minimum Gasteiger partial charge on any atom is -0.457 e. The Balaban J connectivity index is 1.47. The minimum atomic E-state index is -4.61. The number of alkyl halides is 3. The van der Waals surface area contributed by atoms with Crippen LogP contribution < -0.4 is 5.56 Å². The number of hydrogen-bond donors (Lipinski definition) is 0. The van der Waals surface area contributed by atoms with Crippen molar-refractivity contribution in [1.29, 1.82) is 0 Å². The van der Waals surface area contributed by atoms with E-state index < -0.39 is 39.8 Å². The number of nitrogens with zero attached hydrogens (tertiary/aromatic N) is 3. The van der Waals surface area contributed by atoms with Gasteiger partial charge in [-0.3, -0.25) is 14.9 Å². The molecule has 0 saturated carbocycles. The maximum Gasteiger partial charge on any atom is 0.416 e. The summed E-state index contributed by atoms with van der Waals surface area (Å²) in [6.45, 7) is 1.22. The standard InChI is InChI=1S/C28H18F3N3O7/c1-2-27(41-25(36)14-6-8-16(9-7-14)28(29,30)31)19-11-22-23-15(12-33(22)24(35)18(19)13-40-26(27)37)10-17-20(32-23)4-3-5-21(17)34(38)39/h3-11H,2,12-13H2,1H3/t27-/m0/s1. The number of nitro groups is 1. The van der Waals surface area contributed by atoms with Crippen LogP contribution in [0, 0.1) is 10.1 Å². The molecule has 2 aromatic heterocycles. The second kappa shape index (κ2) is 8.98. The van der Waals surface area contributed by atoms with Crippen LogP contribution in [0.1, 0.15) is 46.0 Å². The van der Waals surface area contributed by atoms with Gasteiger partial charge in [0.2, 0.25) is 5.60 Å². The van der Waals surface area contributed by atoms with Crippen LogP contribution in [-0.4, -0.2) is 26.4 Å². The van der Waals surface area contributed by atoms with Gasteiger partial charge in [0.05, 0.1) is 50.4 Å². The van der Waals surface area contributed by atoms with Crippen molar-refractivity contribution in [3.8, 4) is 11.4 Å². The van der Waals surface area contributed by atoms with E-state index in [0.717, 1.165) is 24.3 Å². The van der Waals surface area contributed by atoms with E-state index in [9.17, 15) is 37.7 Å². The fourth-order valence-electron chi connectivity index (χ4n) is 5.32. The molecule has 0 N–H and O–H groups in total. The van der Waals surface area contributed by atoms with Gasteiger partial charge in [0, 0.05) is 17.2 Å². The lowest BCUT2D eigenvalue weighted by Gasteiger charge is -2.35. The molecular formula is C28H18F3N3O7. The number of carbonyl (C=O) groups excluding carboxylic acids is 2. The third kappa shape index (κ3) is 3.95. The zero-order chi connectivity index (χ0) is 29.3. The lowest BCUT2D eigenvalue weighted by molar-refractivity contribution is -0.383. The van der Waals surface area contributed by atoms with Crippen LogP contribution in [0.2, 0.25) is 0 Å². The van der Waals surface area contributed by atoms with Gasteiger partial charge in [-0.15, -0.1) is 0 Å². The van der Waals surface area contributed by atoms with Crippen LogP contribution in [0.15, 0.2) is 59.4 Å². The number of fused-ring (bicyclic) bond motifs is 5. The molecule has 41 heavy (non-hydrogen) atoms. The molecule has 0 unspecified atom stereocenters. The highest BCUT2D eigenvalue weighted by molar-refractivity contribution is 5.94. The molecule has 2 aromatic carbocycles. The van der Waals surface area contributed by atoms with E-state index in [-0.39, 0.29) is 42.0 Å². The minimum absolute atomic E-state index is 0.0597. The fourth-order valence-corrected chi connectivity index (χ4v) is 5.32. The summed E-state index contributed by atoms with van der Waals surface area (Å²) in [5.41, 5.74) is -2.21. The van der Waals surface area contributed by atoms with Gasteiger partial charge in [0.1, 0.15) is 6.61 Å². The second-order valence-electron chi connectivity index (χ2n) is 9.63. The number of non-ortho nitro benzene ring substituents is 1. The average Bonchev–Trinajstić information content (AvgIpc) is 3.30. The number of pyridine rings is 2. The van der Waals surface area contributed by atoms with Crippen LogP contribution >= 0.6 is 0 Å². The first-order valence-electron chi connectivity index (χ1n) is 12.4. The SMILES string of the molecule is CC[C@@]1(OC(=O)c2ccc(C(F)(F)F)cc2)C(=O)OCc2c1cc1n(c2=O)Cc2cc3c([N+](=O)[O-])cccc3nc2-1. The van der Waals surface area contributed by atoms with Crippen molar-refractivity contribution < 1.29 is 37.2 Å². The van der Waals surface area contributed by atoms with Crippen LogP contribution in [0.25, 0.3) is 22.3 Å². The fraction of sp³-hybridized carbons (Fsp3) is 0.214. The van der Waals surface area contributed by atoms with Crippen molar-refractivity contribution in [2.24, 2.45) is 0 Å². The first-order valence-corrected chi connectivity index (χ1v) is 12.4. The molecule has 2 aliphatic rings. The summed E-state index contributed by atoms with van der Waals surface area (Å²) < 4.78 is 51.2. The van der Waals surface area contributed by atoms with Crippen LogP contribution in [-0.2, 0) is 39.2 Å². The summed E-state index contributed by atoms with van der Waals surface area (Å²) in [5, 5.41) is 11.8. The molecule has 0 saturated heterocycles. The van der Waals surface area contributed by atoms with Gasteiger partial charge in [-0.1, -0.05) is 13.0 Å². The molecule has 6 rings (SSSR count). The molecule has 0 amide bonds. The topological polar surface area (TPSA) is 131 Å². The van der Waals surface area contributed by atoms with Gasteiger partial charge in [0.15, 0.2) is 0 Å². The summed E-state index contributed by atoms with van der Waals surface area (Å²) in [6, 6.07) is 10.9. The third-order valence-corrected chi connectivity index (χ3v) is 7.41. The Kier molecular flexibility index (Phi) is 5.73. The number of cyclic esters (lactones) is 1. The molecule has 2 aliphatic heterocycles. The van der Waals surface area contributed by atoms with Crippen molar-refractivity contribution in [1.82, 2.24) is 9.55 Å². The van der Waals surface area contributed by atoms with E-state index in [2.05, 4.69) is 4.98 Å². The quantitative estimate of drug-likeness (QED) is 0.171. The molecule has 4 aromatic rings. The third-order valence-electron chi connectivity index (χ3n) is 7.41. The lowest BCUT2D eigenvalue weighted by Crippen LogP contribution is -2.47. The molecule has 208 valence electrons. The number of esters is 2. The molecule has 0 aliphatic carbocycles. The number of aromatic nitrogens is 2. The summed E-state index contributed by atoms with van der Waals surface area (Å²) in [7, 11) is 0. The molecule has 0 radical (unpaired) electrons. The number of hydrogen-bond acceptors (Lipinski definition) is 8. The highest BCUT2D eigenvalue weighted by Gasteiger charge is 2.50. The highest BCUT2D eigenvalue weighted by Crippen LogP contribution is 2.42. The van der Waals surface area contributed by atoms with Gasteiger partial charge in [0.25, 0.3) is 11.2 Å². The molecule has 0 bridgehead atoms. The van der Waals surface area contributed by atoms with E-state index >= 15 is 0 Å². The molecule has 13 heteroatoms. The molecule has 4 heterocycles. The number of rotatable bonds is 4. The second-order valence-corrected chi connectivity index (χ2v) is 9.63. The summed E-state index contributed by atoms with van der Waals surface area (Å²) in [5.74, 6) is -2.01. The van der Waals surface area contributed by atoms with Crippen LogP contribution in [0.3, 0.4) is 0 Å². The van der Waals surface area contributed by atoms with Gasteiger partial charge in [-0.05, 0) is 48.9 Å². The Hall–Kier alpha value is -5.07. The van der Waals surface area contributed by atoms with E-state index in [0.29, 0.717) is 27.9 Å². The van der Waals surface area contributed by atoms with Crippen LogP contribution in [0.4, 0.5) is 18.9 Å². The highest BCUT2D eigenvalue weighted by atomic mass is 19.4. The van der Waals surface area contributed by atoms with Crippen molar-refractivity contribution in [3.63, 3.8) is 0 Å². The molecule has 10 nitrogen and oxygen atoms in total. The summed E-state index contributed by atoms with van der Waals surface area (Å²) in [4.78, 5) is 55.5. The Morgan fingerprint density at radius 1 is 1.17 bits per heavy atom. The number of halogens is 3. The van der Waals surface area contributed by atoms with Crippen molar-refractivity contribution >= 4 is 28.5 Å². The summed E-state index contributed by atoms with van der Waals surface area (Å²) >= 11 is 0. The normalized spacial score (nSPS) is 17.4. The van der Waals surface area contributed by atoms with Crippen molar-refractivity contribution in [2.45, 2.75) is 38.3 Å². The van der Waals surface area contributed by atoms with E-state index in [4.69, 9.17) is 9.47 Å². The van der Waals surface area contributed by atoms with Gasteiger partial charge >= 0.3 is 18.1 Å². The Bertz CT molecular complexity index is 1870. The monoisotopic (exact) mass is 565 g/mol. The average molecular weight is 565 g/mol. The van der Waals surface area contributed by atoms with E-state index in [1.54, 1.807) is 19.1 Å². The van der Waals surface area contributed by atoms with Crippen LogP contribution in [0.5, 0.6) is 0 Å². The predicted molar refractivity (Wildman–Crippen MR) is 136 cm³/mol. The molecule has 0 spiro atoms. The first-order chi connectivity index (χ1) is 19.4. The Morgan fingerprint density at radius 2 is 1.90 bits per heavy atom. The Labute approximate surface area is 228 Å². The summed E-state index contributed by atoms with van der Waals surface area (Å²) in [6.07, 6.45) is -4.75. The van der Waals surface area contributed by atoms with E-state index in [1.807, 2.05) is 0 Å². The largest absolute Gasteiger partial charge is 0.457 e. The molecular weight excluding hydrogens is 547 g/mol. The molecule has 0 fully saturated rings.